The highest BCUT2D eigenvalue weighted by atomic mass is 16.6. The fourth-order valence-electron chi connectivity index (χ4n) is 1.48. The van der Waals surface area contributed by atoms with Crippen LogP contribution in [0.1, 0.15) is 20.8 Å². The second-order valence-electron chi connectivity index (χ2n) is 5.98. The fourth-order valence-corrected chi connectivity index (χ4v) is 1.48. The quantitative estimate of drug-likeness (QED) is 0.600. The Hall–Kier alpha value is -3.83. The molecule has 12 heteroatoms. The number of amides is 1. The molecular formula is C15H18N6O6. The van der Waals surface area contributed by atoms with Gasteiger partial charge in [0.2, 0.25) is 0 Å². The average Bonchev–Trinajstić information content (AvgIpc) is 2.54. The van der Waals surface area contributed by atoms with Crippen LogP contribution in [0.4, 0.5) is 27.8 Å². The number of pyridine rings is 2. The first-order valence-electron chi connectivity index (χ1n) is 7.44. The summed E-state index contributed by atoms with van der Waals surface area (Å²) in [6.45, 7) is 5.20. The lowest BCUT2D eigenvalue weighted by molar-refractivity contribution is -0.385. The molecule has 0 bridgehead atoms. The van der Waals surface area contributed by atoms with E-state index in [2.05, 4.69) is 15.3 Å². The van der Waals surface area contributed by atoms with E-state index >= 15 is 0 Å². The predicted octanol–water partition coefficient (Wildman–Crippen LogP) is 2.91. The summed E-state index contributed by atoms with van der Waals surface area (Å²) >= 11 is 0. The van der Waals surface area contributed by atoms with E-state index in [1.807, 2.05) is 0 Å². The van der Waals surface area contributed by atoms with Crippen molar-refractivity contribution in [3.63, 3.8) is 0 Å². The van der Waals surface area contributed by atoms with Crippen molar-refractivity contribution in [2.75, 3.05) is 11.1 Å². The maximum Gasteiger partial charge on any atom is 0.413 e. The smallest absolute Gasteiger partial charge is 0.413 e. The van der Waals surface area contributed by atoms with E-state index in [0.29, 0.717) is 0 Å². The Bertz CT molecular complexity index is 801. The summed E-state index contributed by atoms with van der Waals surface area (Å²) in [6, 6.07) is 5.28. The molecule has 0 saturated heterocycles. The molecule has 1 amide bonds. The zero-order valence-corrected chi connectivity index (χ0v) is 14.8. The number of nitrogens with two attached hydrogens (primary N) is 1. The van der Waals surface area contributed by atoms with Crippen LogP contribution in [-0.4, -0.2) is 31.5 Å². The molecule has 2 rings (SSSR count). The van der Waals surface area contributed by atoms with Crippen molar-refractivity contribution in [1.82, 2.24) is 9.97 Å². The molecule has 2 heterocycles. The molecule has 12 nitrogen and oxygen atoms in total. The monoisotopic (exact) mass is 378 g/mol. The van der Waals surface area contributed by atoms with Gasteiger partial charge in [-0.2, -0.15) is 0 Å². The maximum atomic E-state index is 11.3. The first-order chi connectivity index (χ1) is 12.5. The molecular weight excluding hydrogens is 360 g/mol. The Morgan fingerprint density at radius 1 is 1.04 bits per heavy atom. The van der Waals surface area contributed by atoms with Gasteiger partial charge < -0.3 is 10.5 Å². The summed E-state index contributed by atoms with van der Waals surface area (Å²) < 4.78 is 5.00. The lowest BCUT2D eigenvalue weighted by Crippen LogP contribution is -2.27. The number of nitrogens with zero attached hydrogens (tertiary/aromatic N) is 4. The number of anilines is 2. The summed E-state index contributed by atoms with van der Waals surface area (Å²) in [5.41, 5.74) is 4.40. The molecule has 0 atom stereocenters. The number of nitrogens with one attached hydrogen (secondary N) is 1. The number of carbonyl (C=O) groups excluding carboxylic acids is 1. The molecule has 0 fully saturated rings. The molecule has 0 aliphatic heterocycles. The molecule has 0 radical (unpaired) electrons. The van der Waals surface area contributed by atoms with Crippen molar-refractivity contribution in [3.05, 3.63) is 56.9 Å². The number of hydrogen-bond acceptors (Lipinski definition) is 9. The van der Waals surface area contributed by atoms with Gasteiger partial charge in [-0.1, -0.05) is 0 Å². The Morgan fingerprint density at radius 3 is 1.93 bits per heavy atom. The van der Waals surface area contributed by atoms with E-state index in [1.54, 1.807) is 20.8 Å². The van der Waals surface area contributed by atoms with Gasteiger partial charge in [-0.05, 0) is 32.9 Å². The molecule has 2 aromatic heterocycles. The molecule has 0 aliphatic carbocycles. The second kappa shape index (κ2) is 9.03. The molecule has 2 aromatic rings. The van der Waals surface area contributed by atoms with Crippen molar-refractivity contribution < 1.29 is 19.4 Å². The third kappa shape index (κ3) is 8.20. The van der Waals surface area contributed by atoms with Gasteiger partial charge in [-0.25, -0.2) is 14.8 Å². The highest BCUT2D eigenvalue weighted by Gasteiger charge is 2.16. The summed E-state index contributed by atoms with van der Waals surface area (Å²) in [7, 11) is 0. The predicted molar refractivity (Wildman–Crippen MR) is 96.1 cm³/mol. The van der Waals surface area contributed by atoms with Crippen molar-refractivity contribution in [2.45, 2.75) is 26.4 Å². The molecule has 0 unspecified atom stereocenters. The normalized spacial score (nSPS) is 10.2. The number of aromatic nitrogens is 2. The van der Waals surface area contributed by atoms with Gasteiger partial charge in [-0.3, -0.25) is 25.5 Å². The Kier molecular flexibility index (Phi) is 7.10. The van der Waals surface area contributed by atoms with Crippen LogP contribution in [0, 0.1) is 20.2 Å². The van der Waals surface area contributed by atoms with Crippen molar-refractivity contribution >= 4 is 29.1 Å². The molecule has 0 saturated carbocycles. The van der Waals surface area contributed by atoms with Crippen molar-refractivity contribution in [1.29, 1.82) is 0 Å². The maximum absolute atomic E-state index is 11.3. The van der Waals surface area contributed by atoms with Gasteiger partial charge in [0.15, 0.2) is 0 Å². The van der Waals surface area contributed by atoms with E-state index in [0.717, 1.165) is 12.4 Å². The summed E-state index contributed by atoms with van der Waals surface area (Å²) in [5.74, 6) is 0.482. The Balaban J connectivity index is 0.000000309. The lowest BCUT2D eigenvalue weighted by atomic mass is 10.2. The molecule has 144 valence electrons. The minimum Gasteiger partial charge on any atom is -0.444 e. The number of ether oxygens (including phenoxy) is 1. The lowest BCUT2D eigenvalue weighted by Gasteiger charge is -2.19. The van der Waals surface area contributed by atoms with Crippen LogP contribution in [-0.2, 0) is 4.74 Å². The van der Waals surface area contributed by atoms with Crippen LogP contribution >= 0.6 is 0 Å². The van der Waals surface area contributed by atoms with Gasteiger partial charge in [0, 0.05) is 12.1 Å². The van der Waals surface area contributed by atoms with Crippen LogP contribution in [0.15, 0.2) is 36.7 Å². The standard InChI is InChI=1S/C10H13N3O4.C5H5N3O2/c1-10(2,3)17-9(14)12-8-5-4-7(6-11-8)13(15)16;6-5-2-1-4(3-7-5)8(9)10/h4-6H,1-3H3,(H,11,12,14);1-3H,(H2,6,7). The van der Waals surface area contributed by atoms with E-state index in [-0.39, 0.29) is 23.0 Å². The van der Waals surface area contributed by atoms with E-state index < -0.39 is 21.5 Å². The first-order valence-corrected chi connectivity index (χ1v) is 7.44. The zero-order valence-electron chi connectivity index (χ0n) is 14.8. The first kappa shape index (κ1) is 21.2. The zero-order chi connectivity index (χ0) is 20.6. The minimum atomic E-state index is -0.654. The van der Waals surface area contributed by atoms with E-state index in [4.69, 9.17) is 10.5 Å². The highest BCUT2D eigenvalue weighted by Crippen LogP contribution is 2.13. The van der Waals surface area contributed by atoms with Gasteiger partial charge in [0.05, 0.1) is 9.85 Å². The van der Waals surface area contributed by atoms with Crippen LogP contribution in [0.3, 0.4) is 0 Å². The topological polar surface area (TPSA) is 176 Å². The van der Waals surface area contributed by atoms with Crippen molar-refractivity contribution in [3.8, 4) is 0 Å². The highest BCUT2D eigenvalue weighted by molar-refractivity contribution is 5.83. The van der Waals surface area contributed by atoms with Gasteiger partial charge in [0.25, 0.3) is 11.4 Å². The SMILES string of the molecule is CC(C)(C)OC(=O)Nc1ccc([N+](=O)[O-])cn1.Nc1ccc([N+](=O)[O-])cn1. The van der Waals surface area contributed by atoms with Gasteiger partial charge in [0.1, 0.15) is 29.6 Å². The fraction of sp³-hybridized carbons (Fsp3) is 0.267. The summed E-state index contributed by atoms with van der Waals surface area (Å²) in [6.07, 6.45) is 1.53. The number of rotatable bonds is 3. The largest absolute Gasteiger partial charge is 0.444 e. The second-order valence-corrected chi connectivity index (χ2v) is 5.98. The molecule has 27 heavy (non-hydrogen) atoms. The van der Waals surface area contributed by atoms with Gasteiger partial charge in [-0.15, -0.1) is 0 Å². The molecule has 3 N–H and O–H groups in total. The number of nitrogen functional groups attached to an aromatic ring is 1. The summed E-state index contributed by atoms with van der Waals surface area (Å²) in [4.78, 5) is 37.9. The third-order valence-electron chi connectivity index (χ3n) is 2.57. The Labute approximate surface area is 153 Å². The van der Waals surface area contributed by atoms with Crippen LogP contribution in [0.5, 0.6) is 0 Å². The van der Waals surface area contributed by atoms with E-state index in [1.165, 1.54) is 24.3 Å². The number of carbonyl (C=O) groups is 1. The molecule has 0 aliphatic rings. The van der Waals surface area contributed by atoms with Crippen LogP contribution < -0.4 is 11.1 Å². The van der Waals surface area contributed by atoms with E-state index in [9.17, 15) is 25.0 Å². The van der Waals surface area contributed by atoms with Gasteiger partial charge >= 0.3 is 6.09 Å². The third-order valence-corrected chi connectivity index (χ3v) is 2.57. The summed E-state index contributed by atoms with van der Waals surface area (Å²) in [5, 5.41) is 22.8. The number of hydrogen-bond donors (Lipinski definition) is 2. The van der Waals surface area contributed by atoms with Crippen LogP contribution in [0.2, 0.25) is 0 Å². The van der Waals surface area contributed by atoms with Crippen LogP contribution in [0.25, 0.3) is 0 Å². The minimum absolute atomic E-state index is 0.0470. The molecule has 0 spiro atoms. The average molecular weight is 378 g/mol. The van der Waals surface area contributed by atoms with Crippen molar-refractivity contribution in [2.24, 2.45) is 0 Å². The molecule has 0 aromatic carbocycles. The number of nitro groups is 2. The Morgan fingerprint density at radius 2 is 1.56 bits per heavy atom.